The van der Waals surface area contributed by atoms with Crippen LogP contribution in [0.15, 0.2) is 24.4 Å². The highest BCUT2D eigenvalue weighted by molar-refractivity contribution is 5.91. The third-order valence-electron chi connectivity index (χ3n) is 2.16. The predicted molar refractivity (Wildman–Crippen MR) is 50.2 cm³/mol. The molecule has 0 spiro atoms. The van der Waals surface area contributed by atoms with Crippen LogP contribution in [0.2, 0.25) is 0 Å². The van der Waals surface area contributed by atoms with E-state index in [0.29, 0.717) is 0 Å². The van der Waals surface area contributed by atoms with E-state index >= 15 is 0 Å². The zero-order valence-electron chi connectivity index (χ0n) is 8.25. The molecule has 0 saturated heterocycles. The van der Waals surface area contributed by atoms with Crippen LogP contribution in [0.5, 0.6) is 0 Å². The number of rotatable bonds is 1. The fourth-order valence-corrected chi connectivity index (χ4v) is 1.52. The zero-order valence-corrected chi connectivity index (χ0v) is 8.25. The van der Waals surface area contributed by atoms with Gasteiger partial charge in [-0.15, -0.1) is 0 Å². The summed E-state index contributed by atoms with van der Waals surface area (Å²) < 4.78 is 38.9. The Hall–Kier alpha value is -1.85. The van der Waals surface area contributed by atoms with Crippen LogP contribution >= 0.6 is 0 Å². The van der Waals surface area contributed by atoms with E-state index in [4.69, 9.17) is 0 Å². The lowest BCUT2D eigenvalue weighted by molar-refractivity contribution is -0.142. The first-order valence-corrected chi connectivity index (χ1v) is 4.46. The zero-order chi connectivity index (χ0) is 11.9. The highest BCUT2D eigenvalue weighted by Gasteiger charge is 2.34. The fraction of sp³-hybridized carbons (Fsp3) is 0.200. The first-order valence-electron chi connectivity index (χ1n) is 4.46. The molecule has 2 rings (SSSR count). The minimum atomic E-state index is -4.51. The van der Waals surface area contributed by atoms with Crippen molar-refractivity contribution in [3.63, 3.8) is 0 Å². The van der Waals surface area contributed by atoms with Gasteiger partial charge in [-0.3, -0.25) is 9.20 Å². The maximum atomic E-state index is 12.7. The number of nitrogens with zero attached hydrogens (tertiary/aromatic N) is 2. The molecule has 0 N–H and O–H groups in total. The van der Waals surface area contributed by atoms with Gasteiger partial charge in [0.15, 0.2) is 11.6 Å². The number of carbonyl (C=O) groups excluding carboxylic acids is 1. The summed E-state index contributed by atoms with van der Waals surface area (Å²) in [5.74, 6) is -0.709. The smallest absolute Gasteiger partial charge is 0.291 e. The molecule has 0 aliphatic carbocycles. The molecule has 0 fully saturated rings. The topological polar surface area (TPSA) is 34.4 Å². The summed E-state index contributed by atoms with van der Waals surface area (Å²) in [5, 5.41) is 0. The van der Waals surface area contributed by atoms with Gasteiger partial charge in [-0.25, -0.2) is 4.98 Å². The number of ketones is 1. The number of hydrogen-bond acceptors (Lipinski definition) is 2. The van der Waals surface area contributed by atoms with Gasteiger partial charge in [0.25, 0.3) is 0 Å². The predicted octanol–water partition coefficient (Wildman–Crippen LogP) is 2.56. The first kappa shape index (κ1) is 10.7. The summed E-state index contributed by atoms with van der Waals surface area (Å²) >= 11 is 0. The van der Waals surface area contributed by atoms with Crippen molar-refractivity contribution in [1.82, 2.24) is 9.38 Å². The molecule has 0 unspecified atom stereocenters. The summed E-state index contributed by atoms with van der Waals surface area (Å²) in [4.78, 5) is 14.8. The van der Waals surface area contributed by atoms with Crippen LogP contribution in [0, 0.1) is 0 Å². The third-order valence-corrected chi connectivity index (χ3v) is 2.16. The van der Waals surface area contributed by atoms with Crippen LogP contribution in [0.1, 0.15) is 23.2 Å². The molecule has 0 aromatic carbocycles. The Labute approximate surface area is 88.5 Å². The van der Waals surface area contributed by atoms with Crippen molar-refractivity contribution in [3.05, 3.63) is 35.9 Å². The second kappa shape index (κ2) is 3.33. The average Bonchev–Trinajstić information content (AvgIpc) is 2.58. The molecule has 84 valence electrons. The van der Waals surface area contributed by atoms with Crippen LogP contribution in [-0.4, -0.2) is 15.2 Å². The number of fused-ring (bicyclic) bond motifs is 1. The first-order chi connectivity index (χ1) is 7.41. The van der Waals surface area contributed by atoms with Crippen LogP contribution in [-0.2, 0) is 6.18 Å². The molecule has 2 aromatic heterocycles. The second-order valence-electron chi connectivity index (χ2n) is 3.31. The molecule has 0 radical (unpaired) electrons. The lowest BCUT2D eigenvalue weighted by Crippen LogP contribution is -2.14. The Kier molecular flexibility index (Phi) is 2.22. The Morgan fingerprint density at radius 2 is 2.06 bits per heavy atom. The number of alkyl halides is 3. The molecular weight excluding hydrogens is 221 g/mol. The number of imidazole rings is 1. The van der Waals surface area contributed by atoms with Gasteiger partial charge >= 0.3 is 6.18 Å². The molecule has 3 nitrogen and oxygen atoms in total. The Balaban J connectivity index is 2.84. The van der Waals surface area contributed by atoms with E-state index in [1.54, 1.807) is 0 Å². The van der Waals surface area contributed by atoms with E-state index in [2.05, 4.69) is 4.98 Å². The monoisotopic (exact) mass is 228 g/mol. The molecule has 0 aliphatic heterocycles. The van der Waals surface area contributed by atoms with Crippen molar-refractivity contribution < 1.29 is 18.0 Å². The van der Waals surface area contributed by atoms with E-state index in [1.165, 1.54) is 25.3 Å². The molecule has 16 heavy (non-hydrogen) atoms. The summed E-state index contributed by atoms with van der Waals surface area (Å²) in [7, 11) is 0. The lowest BCUT2D eigenvalue weighted by atomic mass is 10.3. The second-order valence-corrected chi connectivity index (χ2v) is 3.31. The number of halogens is 3. The molecule has 0 aliphatic rings. The van der Waals surface area contributed by atoms with E-state index in [1.807, 2.05) is 0 Å². The maximum absolute atomic E-state index is 12.7. The highest BCUT2D eigenvalue weighted by atomic mass is 19.4. The van der Waals surface area contributed by atoms with Crippen molar-refractivity contribution >= 4 is 11.3 Å². The van der Waals surface area contributed by atoms with Gasteiger partial charge in [-0.05, 0) is 12.1 Å². The van der Waals surface area contributed by atoms with Crippen molar-refractivity contribution in [2.75, 3.05) is 0 Å². The molecular formula is C10H7F3N2O. The number of carbonyl (C=O) groups is 1. The quantitative estimate of drug-likeness (QED) is 0.703. The molecule has 2 aromatic rings. The standard InChI is InChI=1S/C10H7F3N2O/c1-6(16)9-14-5-7-3-2-4-8(15(7)9)10(11,12)13/h2-5H,1H3. The highest BCUT2D eigenvalue weighted by Crippen LogP contribution is 2.30. The van der Waals surface area contributed by atoms with Crippen LogP contribution < -0.4 is 0 Å². The molecule has 0 bridgehead atoms. The third kappa shape index (κ3) is 1.56. The number of pyridine rings is 1. The minimum absolute atomic E-state index is 0.206. The summed E-state index contributed by atoms with van der Waals surface area (Å²) in [6, 6.07) is 3.67. The number of hydrogen-bond donors (Lipinski definition) is 0. The fourth-order valence-electron chi connectivity index (χ4n) is 1.52. The molecule has 6 heteroatoms. The molecule has 0 saturated carbocycles. The Morgan fingerprint density at radius 1 is 1.38 bits per heavy atom. The van der Waals surface area contributed by atoms with Crippen molar-refractivity contribution in [2.45, 2.75) is 13.1 Å². The average molecular weight is 228 g/mol. The van der Waals surface area contributed by atoms with Gasteiger partial charge in [0.1, 0.15) is 5.69 Å². The molecule has 2 heterocycles. The van der Waals surface area contributed by atoms with Gasteiger partial charge in [0.05, 0.1) is 11.7 Å². The van der Waals surface area contributed by atoms with Crippen molar-refractivity contribution in [2.24, 2.45) is 0 Å². The summed E-state index contributed by atoms with van der Waals surface area (Å²) in [5.41, 5.74) is -0.646. The minimum Gasteiger partial charge on any atom is -0.291 e. The van der Waals surface area contributed by atoms with Gasteiger partial charge < -0.3 is 0 Å². The summed E-state index contributed by atoms with van der Waals surface area (Å²) in [6.07, 6.45) is -3.27. The number of Topliss-reactive ketones (excluding diaryl/α,β-unsaturated/α-hetero) is 1. The lowest BCUT2D eigenvalue weighted by Gasteiger charge is -2.10. The summed E-state index contributed by atoms with van der Waals surface area (Å²) in [6.45, 7) is 1.18. The van der Waals surface area contributed by atoms with Crippen molar-refractivity contribution in [1.29, 1.82) is 0 Å². The van der Waals surface area contributed by atoms with E-state index < -0.39 is 17.7 Å². The molecule has 0 atom stereocenters. The SMILES string of the molecule is CC(=O)c1ncc2cccc(C(F)(F)F)n12. The van der Waals surface area contributed by atoms with E-state index in [9.17, 15) is 18.0 Å². The normalized spacial score (nSPS) is 12.0. The maximum Gasteiger partial charge on any atom is 0.431 e. The van der Waals surface area contributed by atoms with Crippen LogP contribution in [0.3, 0.4) is 0 Å². The van der Waals surface area contributed by atoms with Gasteiger partial charge in [0.2, 0.25) is 0 Å². The van der Waals surface area contributed by atoms with Crippen LogP contribution in [0.25, 0.3) is 5.52 Å². The Bertz CT molecular complexity index is 557. The van der Waals surface area contributed by atoms with Gasteiger partial charge in [-0.1, -0.05) is 6.07 Å². The largest absolute Gasteiger partial charge is 0.431 e. The van der Waals surface area contributed by atoms with Crippen LogP contribution in [0.4, 0.5) is 13.2 Å². The van der Waals surface area contributed by atoms with E-state index in [-0.39, 0.29) is 11.3 Å². The number of aromatic nitrogens is 2. The van der Waals surface area contributed by atoms with Gasteiger partial charge in [0, 0.05) is 6.92 Å². The van der Waals surface area contributed by atoms with Crippen molar-refractivity contribution in [3.8, 4) is 0 Å². The Morgan fingerprint density at radius 3 is 2.62 bits per heavy atom. The molecule has 0 amide bonds. The van der Waals surface area contributed by atoms with Gasteiger partial charge in [-0.2, -0.15) is 13.2 Å². The van der Waals surface area contributed by atoms with E-state index in [0.717, 1.165) is 10.5 Å².